The van der Waals surface area contributed by atoms with E-state index in [1.54, 1.807) is 12.1 Å². The van der Waals surface area contributed by atoms with Gasteiger partial charge < -0.3 is 4.90 Å². The lowest BCUT2D eigenvalue weighted by Gasteiger charge is -2.19. The van der Waals surface area contributed by atoms with Crippen molar-refractivity contribution >= 4 is 11.3 Å². The zero-order chi connectivity index (χ0) is 17.1. The highest BCUT2D eigenvalue weighted by molar-refractivity contribution is 5.72. The molecule has 0 radical (unpaired) electrons. The number of benzene rings is 1. The summed E-state index contributed by atoms with van der Waals surface area (Å²) in [5.74, 6) is 0. The van der Waals surface area contributed by atoms with Gasteiger partial charge in [-0.05, 0) is 24.5 Å². The first-order valence-corrected chi connectivity index (χ1v) is 8.04. The molecule has 0 saturated carbocycles. The second kappa shape index (κ2) is 10.4. The summed E-state index contributed by atoms with van der Waals surface area (Å²) in [6, 6.07) is 6.95. The molecule has 23 heavy (non-hydrogen) atoms. The highest BCUT2D eigenvalue weighted by atomic mass is 16.6. The number of nitro groups is 1. The van der Waals surface area contributed by atoms with Gasteiger partial charge in [-0.15, -0.1) is 13.2 Å². The summed E-state index contributed by atoms with van der Waals surface area (Å²) < 4.78 is 0. The minimum absolute atomic E-state index is 0.160. The minimum atomic E-state index is -0.311. The first-order chi connectivity index (χ1) is 11.1. The third kappa shape index (κ3) is 6.10. The molecule has 0 spiro atoms. The van der Waals surface area contributed by atoms with E-state index in [2.05, 4.69) is 25.0 Å². The van der Waals surface area contributed by atoms with Gasteiger partial charge in [0, 0.05) is 25.4 Å². The van der Waals surface area contributed by atoms with Crippen LogP contribution in [0, 0.1) is 10.1 Å². The normalized spacial score (nSPS) is 11.1. The van der Waals surface area contributed by atoms with E-state index in [0.717, 1.165) is 31.3 Å². The van der Waals surface area contributed by atoms with E-state index in [-0.39, 0.29) is 10.6 Å². The predicted octanol–water partition coefficient (Wildman–Crippen LogP) is 5.19. The van der Waals surface area contributed by atoms with Gasteiger partial charge in [0.15, 0.2) is 0 Å². The van der Waals surface area contributed by atoms with E-state index in [9.17, 15) is 10.1 Å². The molecular weight excluding hydrogens is 288 g/mol. The Bertz CT molecular complexity index is 554. The van der Waals surface area contributed by atoms with Crippen molar-refractivity contribution in [1.82, 2.24) is 4.90 Å². The van der Waals surface area contributed by atoms with E-state index < -0.39 is 0 Å². The first-order valence-electron chi connectivity index (χ1n) is 8.04. The maximum absolute atomic E-state index is 11.3. The van der Waals surface area contributed by atoms with Gasteiger partial charge in [-0.3, -0.25) is 10.1 Å². The monoisotopic (exact) mass is 314 g/mol. The fourth-order valence-corrected chi connectivity index (χ4v) is 2.47. The standard InChI is InChI=1S/C19H26N2O2/c1-4-7-8-11-17(16-20(14-5-2)15-6-3)18-12-9-10-13-19(18)21(22)23/h5-6,9-10,12-13,16H,2-4,7-8,11,14-15H2,1H3. The molecule has 0 saturated heterocycles. The number of unbranched alkanes of at least 4 members (excludes halogenated alkanes) is 2. The summed E-state index contributed by atoms with van der Waals surface area (Å²) in [5, 5.41) is 11.3. The quantitative estimate of drug-likeness (QED) is 0.244. The molecule has 0 fully saturated rings. The van der Waals surface area contributed by atoms with Crippen LogP contribution < -0.4 is 0 Å². The summed E-state index contributed by atoms with van der Waals surface area (Å²) in [7, 11) is 0. The van der Waals surface area contributed by atoms with Gasteiger partial charge in [-0.1, -0.05) is 44.1 Å². The molecule has 0 atom stereocenters. The molecule has 124 valence electrons. The molecule has 1 aromatic carbocycles. The van der Waals surface area contributed by atoms with Gasteiger partial charge in [0.25, 0.3) is 5.69 Å². The van der Waals surface area contributed by atoms with Crippen molar-refractivity contribution in [3.8, 4) is 0 Å². The van der Waals surface area contributed by atoms with Crippen molar-refractivity contribution in [1.29, 1.82) is 0 Å². The first kappa shape index (κ1) is 18.7. The molecule has 4 heteroatoms. The Morgan fingerprint density at radius 1 is 1.22 bits per heavy atom. The molecule has 0 N–H and O–H groups in total. The second-order valence-corrected chi connectivity index (χ2v) is 5.42. The summed E-state index contributed by atoms with van der Waals surface area (Å²) >= 11 is 0. The average Bonchev–Trinajstić information content (AvgIpc) is 2.54. The average molecular weight is 314 g/mol. The summed E-state index contributed by atoms with van der Waals surface area (Å²) in [5.41, 5.74) is 1.86. The van der Waals surface area contributed by atoms with Gasteiger partial charge in [0.1, 0.15) is 0 Å². The minimum Gasteiger partial charge on any atom is -0.370 e. The maximum Gasteiger partial charge on any atom is 0.276 e. The Morgan fingerprint density at radius 2 is 1.87 bits per heavy atom. The summed E-state index contributed by atoms with van der Waals surface area (Å²) in [6.07, 6.45) is 9.73. The molecule has 4 nitrogen and oxygen atoms in total. The van der Waals surface area contributed by atoms with Crippen LogP contribution in [0.2, 0.25) is 0 Å². The molecule has 0 aliphatic heterocycles. The van der Waals surface area contributed by atoms with E-state index in [4.69, 9.17) is 0 Å². The predicted molar refractivity (Wildman–Crippen MR) is 97.2 cm³/mol. The molecule has 0 aliphatic carbocycles. The molecule has 0 heterocycles. The lowest BCUT2D eigenvalue weighted by molar-refractivity contribution is -0.385. The highest BCUT2D eigenvalue weighted by Crippen LogP contribution is 2.29. The topological polar surface area (TPSA) is 46.4 Å². The van der Waals surface area contributed by atoms with Gasteiger partial charge in [-0.2, -0.15) is 0 Å². The Labute approximate surface area is 139 Å². The van der Waals surface area contributed by atoms with E-state index in [1.165, 1.54) is 0 Å². The van der Waals surface area contributed by atoms with Gasteiger partial charge in [-0.25, -0.2) is 0 Å². The smallest absolute Gasteiger partial charge is 0.276 e. The van der Waals surface area contributed by atoms with Gasteiger partial charge >= 0.3 is 0 Å². The fraction of sp³-hybridized carbons (Fsp3) is 0.368. The molecule has 0 aromatic heterocycles. The summed E-state index contributed by atoms with van der Waals surface area (Å²) in [4.78, 5) is 13.1. The second-order valence-electron chi connectivity index (χ2n) is 5.42. The number of nitro benzene ring substituents is 1. The van der Waals surface area contributed by atoms with Crippen LogP contribution in [0.15, 0.2) is 55.8 Å². The molecule has 1 aromatic rings. The van der Waals surface area contributed by atoms with E-state index in [1.807, 2.05) is 30.5 Å². The van der Waals surface area contributed by atoms with Crippen molar-refractivity contribution in [3.63, 3.8) is 0 Å². The number of nitrogens with zero attached hydrogens (tertiary/aromatic N) is 2. The van der Waals surface area contributed by atoms with E-state index >= 15 is 0 Å². The van der Waals surface area contributed by atoms with Crippen LogP contribution in [-0.2, 0) is 0 Å². The number of allylic oxidation sites excluding steroid dienone is 1. The van der Waals surface area contributed by atoms with Gasteiger partial charge in [0.05, 0.1) is 10.5 Å². The number of hydrogen-bond acceptors (Lipinski definition) is 3. The lowest BCUT2D eigenvalue weighted by atomic mass is 9.98. The molecule has 0 unspecified atom stereocenters. The van der Waals surface area contributed by atoms with Crippen molar-refractivity contribution in [2.75, 3.05) is 13.1 Å². The molecule has 0 amide bonds. The molecule has 0 bridgehead atoms. The Balaban J connectivity index is 3.20. The van der Waals surface area contributed by atoms with Crippen LogP contribution in [0.5, 0.6) is 0 Å². The van der Waals surface area contributed by atoms with Crippen LogP contribution in [0.4, 0.5) is 5.69 Å². The lowest BCUT2D eigenvalue weighted by Crippen LogP contribution is -2.17. The molecule has 0 aliphatic rings. The zero-order valence-electron chi connectivity index (χ0n) is 13.9. The van der Waals surface area contributed by atoms with Crippen LogP contribution in [0.3, 0.4) is 0 Å². The van der Waals surface area contributed by atoms with Crippen LogP contribution in [-0.4, -0.2) is 22.9 Å². The van der Waals surface area contributed by atoms with Crippen molar-refractivity contribution in [2.24, 2.45) is 0 Å². The Hall–Kier alpha value is -2.36. The van der Waals surface area contributed by atoms with Crippen molar-refractivity contribution < 1.29 is 4.92 Å². The third-order valence-electron chi connectivity index (χ3n) is 3.56. The molecule has 1 rings (SSSR count). The molecular formula is C19H26N2O2. The Kier molecular flexibility index (Phi) is 8.43. The van der Waals surface area contributed by atoms with Crippen LogP contribution in [0.1, 0.15) is 38.2 Å². The largest absolute Gasteiger partial charge is 0.370 e. The van der Waals surface area contributed by atoms with Crippen LogP contribution >= 0.6 is 0 Å². The number of para-hydroxylation sites is 1. The third-order valence-corrected chi connectivity index (χ3v) is 3.56. The summed E-state index contributed by atoms with van der Waals surface area (Å²) in [6.45, 7) is 11.1. The number of hydrogen-bond donors (Lipinski definition) is 0. The maximum atomic E-state index is 11.3. The Morgan fingerprint density at radius 3 is 2.43 bits per heavy atom. The van der Waals surface area contributed by atoms with Crippen LogP contribution in [0.25, 0.3) is 5.57 Å². The SMILES string of the molecule is C=CCN(C=C(CCCCC)c1ccccc1[N+](=O)[O-])CC=C. The van der Waals surface area contributed by atoms with E-state index in [0.29, 0.717) is 18.7 Å². The van der Waals surface area contributed by atoms with Gasteiger partial charge in [0.2, 0.25) is 0 Å². The zero-order valence-corrected chi connectivity index (χ0v) is 13.9. The van der Waals surface area contributed by atoms with Crippen molar-refractivity contribution in [2.45, 2.75) is 32.6 Å². The number of rotatable bonds is 11. The van der Waals surface area contributed by atoms with Crippen molar-refractivity contribution in [3.05, 3.63) is 71.5 Å². The highest BCUT2D eigenvalue weighted by Gasteiger charge is 2.16. The fourth-order valence-electron chi connectivity index (χ4n) is 2.47.